The van der Waals surface area contributed by atoms with Gasteiger partial charge >= 0.3 is 6.18 Å². The Morgan fingerprint density at radius 3 is 2.40 bits per heavy atom. The maximum atomic E-state index is 12.4. The standard InChI is InChI=1S/C12H18F3N3OS/c1-11(2,3)9(16)10(19)18(4)5-8-17-7(6-20-8)12(13,14)15/h6,9H,5,16H2,1-4H3/t9-/m1/s1. The summed E-state index contributed by atoms with van der Waals surface area (Å²) in [4.78, 5) is 16.8. The Kier molecular flexibility index (Phi) is 4.81. The van der Waals surface area contributed by atoms with E-state index in [1.54, 1.807) is 0 Å². The van der Waals surface area contributed by atoms with Crippen molar-refractivity contribution in [2.24, 2.45) is 11.1 Å². The fourth-order valence-corrected chi connectivity index (χ4v) is 2.26. The number of thiazole rings is 1. The van der Waals surface area contributed by atoms with Crippen LogP contribution in [-0.2, 0) is 17.5 Å². The van der Waals surface area contributed by atoms with E-state index in [0.717, 1.165) is 16.7 Å². The molecule has 0 aromatic carbocycles. The van der Waals surface area contributed by atoms with E-state index in [1.807, 2.05) is 20.8 Å². The summed E-state index contributed by atoms with van der Waals surface area (Å²) in [5, 5.41) is 1.17. The van der Waals surface area contributed by atoms with Crippen LogP contribution in [0, 0.1) is 5.41 Å². The van der Waals surface area contributed by atoms with Gasteiger partial charge in [0.1, 0.15) is 5.01 Å². The summed E-state index contributed by atoms with van der Waals surface area (Å²) in [6.45, 7) is 5.50. The first kappa shape index (κ1) is 16.9. The Hall–Kier alpha value is -1.15. The van der Waals surface area contributed by atoms with Crippen LogP contribution in [0.3, 0.4) is 0 Å². The molecule has 2 N–H and O–H groups in total. The molecule has 0 aliphatic rings. The largest absolute Gasteiger partial charge is 0.434 e. The molecule has 1 heterocycles. The minimum absolute atomic E-state index is 0.0172. The van der Waals surface area contributed by atoms with Crippen LogP contribution in [0.25, 0.3) is 0 Å². The van der Waals surface area contributed by atoms with Crippen LogP contribution < -0.4 is 5.73 Å². The van der Waals surface area contributed by atoms with Crippen LogP contribution in [0.5, 0.6) is 0 Å². The molecule has 0 unspecified atom stereocenters. The van der Waals surface area contributed by atoms with Gasteiger partial charge in [0.15, 0.2) is 5.69 Å². The van der Waals surface area contributed by atoms with E-state index < -0.39 is 23.3 Å². The Morgan fingerprint density at radius 2 is 2.00 bits per heavy atom. The highest BCUT2D eigenvalue weighted by molar-refractivity contribution is 7.09. The summed E-state index contributed by atoms with van der Waals surface area (Å²) in [7, 11) is 1.50. The molecular formula is C12H18F3N3OS. The fraction of sp³-hybridized carbons (Fsp3) is 0.667. The maximum absolute atomic E-state index is 12.4. The quantitative estimate of drug-likeness (QED) is 0.933. The van der Waals surface area contributed by atoms with E-state index in [4.69, 9.17) is 5.73 Å². The van der Waals surface area contributed by atoms with Crippen LogP contribution in [0.2, 0.25) is 0 Å². The van der Waals surface area contributed by atoms with Crippen molar-refractivity contribution in [3.05, 3.63) is 16.1 Å². The maximum Gasteiger partial charge on any atom is 0.434 e. The normalized spacial score (nSPS) is 14.2. The lowest BCUT2D eigenvalue weighted by molar-refractivity contribution is -0.140. The van der Waals surface area contributed by atoms with E-state index >= 15 is 0 Å². The number of hydrogen-bond donors (Lipinski definition) is 1. The van der Waals surface area contributed by atoms with E-state index in [1.165, 1.54) is 11.9 Å². The topological polar surface area (TPSA) is 59.2 Å². The number of amides is 1. The lowest BCUT2D eigenvalue weighted by atomic mass is 9.86. The molecule has 114 valence electrons. The average Bonchev–Trinajstić information content (AvgIpc) is 2.73. The van der Waals surface area contributed by atoms with Crippen molar-refractivity contribution in [1.29, 1.82) is 0 Å². The second kappa shape index (κ2) is 5.69. The highest BCUT2D eigenvalue weighted by Gasteiger charge is 2.34. The molecule has 0 aliphatic heterocycles. The molecule has 8 heteroatoms. The van der Waals surface area contributed by atoms with Crippen molar-refractivity contribution in [2.75, 3.05) is 7.05 Å². The summed E-state index contributed by atoms with van der Waals surface area (Å²) in [5.74, 6) is -0.318. The molecular weight excluding hydrogens is 291 g/mol. The number of carbonyl (C=O) groups is 1. The van der Waals surface area contributed by atoms with Crippen molar-refractivity contribution >= 4 is 17.2 Å². The second-order valence-electron chi connectivity index (χ2n) is 5.66. The van der Waals surface area contributed by atoms with Gasteiger partial charge < -0.3 is 10.6 Å². The average molecular weight is 309 g/mol. The van der Waals surface area contributed by atoms with E-state index in [0.29, 0.717) is 0 Å². The van der Waals surface area contributed by atoms with Crippen LogP contribution in [0.1, 0.15) is 31.5 Å². The molecule has 20 heavy (non-hydrogen) atoms. The molecule has 1 rings (SSSR count). The minimum atomic E-state index is -4.46. The Labute approximate surface area is 119 Å². The minimum Gasteiger partial charge on any atom is -0.338 e. The Morgan fingerprint density at radius 1 is 1.45 bits per heavy atom. The van der Waals surface area contributed by atoms with Gasteiger partial charge in [-0.1, -0.05) is 20.8 Å². The number of carbonyl (C=O) groups excluding carboxylic acids is 1. The second-order valence-corrected chi connectivity index (χ2v) is 6.60. The van der Waals surface area contributed by atoms with E-state index in [2.05, 4.69) is 4.98 Å². The van der Waals surface area contributed by atoms with Crippen molar-refractivity contribution in [1.82, 2.24) is 9.88 Å². The smallest absolute Gasteiger partial charge is 0.338 e. The van der Waals surface area contributed by atoms with Gasteiger partial charge in [-0.15, -0.1) is 11.3 Å². The van der Waals surface area contributed by atoms with Gasteiger partial charge in [0.05, 0.1) is 12.6 Å². The SMILES string of the molecule is CN(Cc1nc(C(F)(F)F)cs1)C(=O)[C@@H](N)C(C)(C)C. The highest BCUT2D eigenvalue weighted by Crippen LogP contribution is 2.30. The lowest BCUT2D eigenvalue weighted by Gasteiger charge is -2.29. The first-order valence-corrected chi connectivity index (χ1v) is 6.83. The summed E-state index contributed by atoms with van der Waals surface area (Å²) >= 11 is 0.876. The zero-order valence-corrected chi connectivity index (χ0v) is 12.6. The molecule has 1 amide bonds. The monoisotopic (exact) mass is 309 g/mol. The van der Waals surface area contributed by atoms with Gasteiger partial charge in [-0.25, -0.2) is 4.98 Å². The number of likely N-dealkylation sites (N-methyl/N-ethyl adjacent to an activating group) is 1. The summed E-state index contributed by atoms with van der Waals surface area (Å²) in [6.07, 6.45) is -4.46. The summed E-state index contributed by atoms with van der Waals surface area (Å²) in [6, 6.07) is -0.713. The van der Waals surface area contributed by atoms with Gasteiger partial charge in [0, 0.05) is 12.4 Å². The van der Waals surface area contributed by atoms with Gasteiger partial charge in [-0.3, -0.25) is 4.79 Å². The zero-order chi connectivity index (χ0) is 15.7. The predicted octanol–water partition coefficient (Wildman–Crippen LogP) is 2.49. The van der Waals surface area contributed by atoms with Crippen LogP contribution in [0.4, 0.5) is 13.2 Å². The lowest BCUT2D eigenvalue weighted by Crippen LogP contribution is -2.48. The van der Waals surface area contributed by atoms with Crippen molar-refractivity contribution in [2.45, 2.75) is 39.5 Å². The number of hydrogen-bond acceptors (Lipinski definition) is 4. The Balaban J connectivity index is 2.74. The molecule has 0 saturated carbocycles. The summed E-state index contributed by atoms with van der Waals surface area (Å²) < 4.78 is 37.3. The number of halogens is 3. The number of aromatic nitrogens is 1. The van der Waals surface area contributed by atoms with Gasteiger partial charge in [0.25, 0.3) is 0 Å². The fourth-order valence-electron chi connectivity index (χ4n) is 1.40. The first-order chi connectivity index (χ1) is 8.93. The number of nitrogens with two attached hydrogens (primary N) is 1. The number of nitrogens with zero attached hydrogens (tertiary/aromatic N) is 2. The first-order valence-electron chi connectivity index (χ1n) is 5.95. The van der Waals surface area contributed by atoms with E-state index in [9.17, 15) is 18.0 Å². The van der Waals surface area contributed by atoms with Gasteiger partial charge in [-0.05, 0) is 5.41 Å². The third-order valence-electron chi connectivity index (χ3n) is 2.79. The number of rotatable bonds is 3. The molecule has 0 bridgehead atoms. The molecule has 1 aromatic rings. The zero-order valence-electron chi connectivity index (χ0n) is 11.8. The van der Waals surface area contributed by atoms with Gasteiger partial charge in [-0.2, -0.15) is 13.2 Å². The molecule has 0 spiro atoms. The molecule has 4 nitrogen and oxygen atoms in total. The number of alkyl halides is 3. The van der Waals surface area contributed by atoms with Crippen molar-refractivity contribution in [3.63, 3.8) is 0 Å². The van der Waals surface area contributed by atoms with Gasteiger partial charge in [0.2, 0.25) is 5.91 Å². The molecule has 0 saturated heterocycles. The summed E-state index contributed by atoms with van der Waals surface area (Å²) in [5.41, 5.74) is 4.49. The van der Waals surface area contributed by atoms with E-state index in [-0.39, 0.29) is 17.5 Å². The molecule has 1 atom stereocenters. The molecule has 1 aromatic heterocycles. The van der Waals surface area contributed by atoms with Crippen molar-refractivity contribution in [3.8, 4) is 0 Å². The van der Waals surface area contributed by atoms with Crippen LogP contribution in [0.15, 0.2) is 5.38 Å². The predicted molar refractivity (Wildman–Crippen MR) is 71.0 cm³/mol. The van der Waals surface area contributed by atoms with Crippen LogP contribution in [-0.4, -0.2) is 28.9 Å². The molecule has 0 radical (unpaired) electrons. The third kappa shape index (κ3) is 4.17. The third-order valence-corrected chi connectivity index (χ3v) is 3.62. The Bertz CT molecular complexity index is 479. The van der Waals surface area contributed by atoms with Crippen molar-refractivity contribution < 1.29 is 18.0 Å². The van der Waals surface area contributed by atoms with Crippen LogP contribution >= 0.6 is 11.3 Å². The molecule has 0 aliphatic carbocycles. The highest BCUT2D eigenvalue weighted by atomic mass is 32.1. The molecule has 0 fully saturated rings.